The molecular formula is C19H23NO3S. The summed E-state index contributed by atoms with van der Waals surface area (Å²) in [4.78, 5) is 0.226. The minimum Gasteiger partial charge on any atom is -0.497 e. The van der Waals surface area contributed by atoms with Gasteiger partial charge in [0, 0.05) is 0 Å². The van der Waals surface area contributed by atoms with E-state index >= 15 is 0 Å². The summed E-state index contributed by atoms with van der Waals surface area (Å²) in [5.74, 6) is 0.618. The third-order valence-electron chi connectivity index (χ3n) is 3.83. The second-order valence-electron chi connectivity index (χ2n) is 5.75. The highest BCUT2D eigenvalue weighted by atomic mass is 32.2. The van der Waals surface area contributed by atoms with Crippen LogP contribution in [0.1, 0.15) is 16.7 Å². The number of sulfonamides is 1. The van der Waals surface area contributed by atoms with Gasteiger partial charge < -0.3 is 4.74 Å². The highest BCUT2D eigenvalue weighted by Gasteiger charge is 2.26. The van der Waals surface area contributed by atoms with Crippen LogP contribution >= 0.6 is 0 Å². The Labute approximate surface area is 144 Å². The van der Waals surface area contributed by atoms with Crippen LogP contribution in [0.3, 0.4) is 0 Å². The molecule has 0 bridgehead atoms. The number of methoxy groups -OCH3 is 1. The normalized spacial score (nSPS) is 11.2. The van der Waals surface area contributed by atoms with Crippen LogP contribution in [0.2, 0.25) is 0 Å². The second-order valence-corrected chi connectivity index (χ2v) is 7.61. The Morgan fingerprint density at radius 3 is 2.08 bits per heavy atom. The van der Waals surface area contributed by atoms with E-state index in [-0.39, 0.29) is 11.4 Å². The number of hydrogen-bond donors (Lipinski definition) is 0. The van der Waals surface area contributed by atoms with Crippen molar-refractivity contribution in [2.24, 2.45) is 0 Å². The fraction of sp³-hybridized carbons (Fsp3) is 0.263. The van der Waals surface area contributed by atoms with Crippen LogP contribution in [-0.4, -0.2) is 22.1 Å². The van der Waals surface area contributed by atoms with E-state index in [0.717, 1.165) is 16.7 Å². The van der Waals surface area contributed by atoms with Gasteiger partial charge in [-0.15, -0.1) is 6.58 Å². The Bertz CT molecular complexity index is 816. The van der Waals surface area contributed by atoms with Gasteiger partial charge in [-0.25, -0.2) is 8.42 Å². The van der Waals surface area contributed by atoms with Gasteiger partial charge in [0.2, 0.25) is 0 Å². The zero-order valence-electron chi connectivity index (χ0n) is 14.5. The van der Waals surface area contributed by atoms with Crippen molar-refractivity contribution >= 4 is 15.7 Å². The van der Waals surface area contributed by atoms with Crippen molar-refractivity contribution in [1.29, 1.82) is 0 Å². The van der Waals surface area contributed by atoms with E-state index in [9.17, 15) is 8.42 Å². The van der Waals surface area contributed by atoms with Gasteiger partial charge in [-0.2, -0.15) is 0 Å². The monoisotopic (exact) mass is 345 g/mol. The third kappa shape index (κ3) is 3.46. The van der Waals surface area contributed by atoms with Crippen LogP contribution in [0, 0.1) is 20.8 Å². The van der Waals surface area contributed by atoms with Crippen LogP contribution in [0.5, 0.6) is 5.75 Å². The van der Waals surface area contributed by atoms with Crippen LogP contribution in [0.4, 0.5) is 5.69 Å². The lowest BCUT2D eigenvalue weighted by atomic mass is 10.1. The molecule has 0 heterocycles. The van der Waals surface area contributed by atoms with Gasteiger partial charge in [-0.3, -0.25) is 4.31 Å². The lowest BCUT2D eigenvalue weighted by Crippen LogP contribution is -2.32. The summed E-state index contributed by atoms with van der Waals surface area (Å²) in [6.45, 7) is 9.77. The van der Waals surface area contributed by atoms with Crippen molar-refractivity contribution in [2.45, 2.75) is 25.7 Å². The van der Waals surface area contributed by atoms with Gasteiger partial charge in [0.15, 0.2) is 0 Å². The molecule has 128 valence electrons. The fourth-order valence-electron chi connectivity index (χ4n) is 2.87. The van der Waals surface area contributed by atoms with Gasteiger partial charge in [-0.05, 0) is 56.2 Å². The quantitative estimate of drug-likeness (QED) is 0.744. The molecule has 0 aliphatic carbocycles. The predicted octanol–water partition coefficient (Wildman–Crippen LogP) is 4.00. The first-order valence-electron chi connectivity index (χ1n) is 7.66. The third-order valence-corrected chi connectivity index (χ3v) is 5.61. The molecule has 4 nitrogen and oxygen atoms in total. The maximum absolute atomic E-state index is 13.1. The van der Waals surface area contributed by atoms with E-state index in [1.54, 1.807) is 37.5 Å². The molecule has 5 heteroatoms. The Morgan fingerprint density at radius 2 is 1.62 bits per heavy atom. The Kier molecular flexibility index (Phi) is 5.34. The average molecular weight is 345 g/mol. The smallest absolute Gasteiger partial charge is 0.264 e. The summed E-state index contributed by atoms with van der Waals surface area (Å²) < 4.78 is 32.8. The van der Waals surface area contributed by atoms with Gasteiger partial charge in [0.1, 0.15) is 5.75 Å². The molecule has 0 aliphatic rings. The van der Waals surface area contributed by atoms with Crippen LogP contribution in [0.25, 0.3) is 0 Å². The molecule has 2 rings (SSSR count). The number of aryl methyl sites for hydroxylation is 3. The van der Waals surface area contributed by atoms with E-state index in [2.05, 4.69) is 6.58 Å². The summed E-state index contributed by atoms with van der Waals surface area (Å²) in [5.41, 5.74) is 3.66. The van der Waals surface area contributed by atoms with Gasteiger partial charge in [0.05, 0.1) is 24.2 Å². The molecule has 2 aromatic carbocycles. The lowest BCUT2D eigenvalue weighted by molar-refractivity contribution is 0.414. The molecule has 0 aliphatic heterocycles. The molecule has 24 heavy (non-hydrogen) atoms. The highest BCUT2D eigenvalue weighted by molar-refractivity contribution is 7.92. The summed E-state index contributed by atoms with van der Waals surface area (Å²) in [5, 5.41) is 0. The zero-order chi connectivity index (χ0) is 17.9. The summed E-state index contributed by atoms with van der Waals surface area (Å²) >= 11 is 0. The Balaban J connectivity index is 2.59. The topological polar surface area (TPSA) is 46.6 Å². The molecule has 0 unspecified atom stereocenters. The van der Waals surface area contributed by atoms with Crippen LogP contribution < -0.4 is 9.04 Å². The fourth-order valence-corrected chi connectivity index (χ4v) is 4.43. The van der Waals surface area contributed by atoms with E-state index < -0.39 is 10.0 Å². The highest BCUT2D eigenvalue weighted by Crippen LogP contribution is 2.31. The molecule has 0 atom stereocenters. The molecule has 2 aromatic rings. The largest absolute Gasteiger partial charge is 0.497 e. The summed E-state index contributed by atoms with van der Waals surface area (Å²) in [6.07, 6.45) is 1.60. The first-order chi connectivity index (χ1) is 11.3. The van der Waals surface area contributed by atoms with Crippen molar-refractivity contribution in [3.05, 3.63) is 65.7 Å². The van der Waals surface area contributed by atoms with Crippen molar-refractivity contribution in [1.82, 2.24) is 0 Å². The Hall–Kier alpha value is -2.27. The van der Waals surface area contributed by atoms with Gasteiger partial charge >= 0.3 is 0 Å². The lowest BCUT2D eigenvalue weighted by Gasteiger charge is -2.27. The number of hydrogen-bond acceptors (Lipinski definition) is 3. The van der Waals surface area contributed by atoms with Crippen molar-refractivity contribution in [2.75, 3.05) is 18.0 Å². The maximum Gasteiger partial charge on any atom is 0.264 e. The average Bonchev–Trinajstić information content (AvgIpc) is 2.53. The molecule has 0 radical (unpaired) electrons. The standard InChI is InChI=1S/C19H23NO3S/c1-6-11-20(19-15(3)12-14(2)13-16(19)4)24(21,22)18-9-7-17(23-5)8-10-18/h6-10,12-13H,1,11H2,2-5H3. The van der Waals surface area contributed by atoms with Gasteiger partial charge in [-0.1, -0.05) is 23.8 Å². The number of anilines is 1. The van der Waals surface area contributed by atoms with Gasteiger partial charge in [0.25, 0.3) is 10.0 Å². The van der Waals surface area contributed by atoms with Crippen molar-refractivity contribution in [3.8, 4) is 5.75 Å². The Morgan fingerprint density at radius 1 is 1.08 bits per heavy atom. The summed E-state index contributed by atoms with van der Waals surface area (Å²) in [7, 11) is -2.14. The van der Waals surface area contributed by atoms with Crippen LogP contribution in [0.15, 0.2) is 53.9 Å². The summed E-state index contributed by atoms with van der Waals surface area (Å²) in [6, 6.07) is 10.4. The second kappa shape index (κ2) is 7.09. The van der Waals surface area contributed by atoms with E-state index in [4.69, 9.17) is 4.74 Å². The first kappa shape index (κ1) is 18.1. The molecule has 0 N–H and O–H groups in total. The minimum absolute atomic E-state index is 0.207. The molecule has 0 spiro atoms. The maximum atomic E-state index is 13.1. The zero-order valence-corrected chi connectivity index (χ0v) is 15.4. The van der Waals surface area contributed by atoms with Crippen LogP contribution in [-0.2, 0) is 10.0 Å². The number of nitrogens with zero attached hydrogens (tertiary/aromatic N) is 1. The van der Waals surface area contributed by atoms with E-state index in [1.165, 1.54) is 4.31 Å². The number of benzene rings is 2. The molecular weight excluding hydrogens is 322 g/mol. The molecule has 0 saturated heterocycles. The first-order valence-corrected chi connectivity index (χ1v) is 9.10. The number of ether oxygens (including phenoxy) is 1. The molecule has 0 aromatic heterocycles. The van der Waals surface area contributed by atoms with Crippen molar-refractivity contribution < 1.29 is 13.2 Å². The number of rotatable bonds is 6. The van der Waals surface area contributed by atoms with E-state index in [1.807, 2.05) is 32.9 Å². The van der Waals surface area contributed by atoms with E-state index in [0.29, 0.717) is 11.4 Å². The molecule has 0 fully saturated rings. The minimum atomic E-state index is -3.69. The molecule has 0 amide bonds. The van der Waals surface area contributed by atoms with Crippen molar-refractivity contribution in [3.63, 3.8) is 0 Å². The molecule has 0 saturated carbocycles. The SMILES string of the molecule is C=CCN(c1c(C)cc(C)cc1C)S(=O)(=O)c1ccc(OC)cc1. The predicted molar refractivity (Wildman–Crippen MR) is 98.4 cm³/mol.